The fraction of sp³-hybridized carbons (Fsp3) is 0.200. The summed E-state index contributed by atoms with van der Waals surface area (Å²) in [4.78, 5) is 4.17. The first kappa shape index (κ1) is 8.73. The Balaban J connectivity index is 2.62. The van der Waals surface area contributed by atoms with Gasteiger partial charge in [-0.15, -0.1) is 0 Å². The van der Waals surface area contributed by atoms with Crippen molar-refractivity contribution in [3.63, 3.8) is 0 Å². The minimum Gasteiger partial charge on any atom is -0.439 e. The van der Waals surface area contributed by atoms with Crippen molar-refractivity contribution >= 4 is 11.1 Å². The summed E-state index contributed by atoms with van der Waals surface area (Å²) in [6.45, 7) is 0.278. The molecule has 0 aliphatic rings. The van der Waals surface area contributed by atoms with E-state index in [-0.39, 0.29) is 6.54 Å². The molecule has 2 rings (SSSR count). The van der Waals surface area contributed by atoms with Gasteiger partial charge in [-0.05, 0) is 6.07 Å². The summed E-state index contributed by atoms with van der Waals surface area (Å²) in [5, 5.41) is 8.61. The Morgan fingerprint density at radius 2 is 2.36 bits per heavy atom. The number of hydrogen-bond acceptors (Lipinski definition) is 4. The largest absolute Gasteiger partial charge is 0.439 e. The van der Waals surface area contributed by atoms with Crippen molar-refractivity contribution < 1.29 is 4.42 Å². The Morgan fingerprint density at radius 3 is 3.07 bits per heavy atom. The average Bonchev–Trinajstić information content (AvgIpc) is 2.62. The van der Waals surface area contributed by atoms with Crippen molar-refractivity contribution in [3.05, 3.63) is 29.7 Å². The highest BCUT2D eigenvalue weighted by Crippen LogP contribution is 2.19. The van der Waals surface area contributed by atoms with E-state index in [1.165, 1.54) is 0 Å². The van der Waals surface area contributed by atoms with Crippen LogP contribution in [-0.4, -0.2) is 4.98 Å². The number of nitrogens with zero attached hydrogens (tertiary/aromatic N) is 2. The lowest BCUT2D eigenvalue weighted by atomic mass is 10.1. The third kappa shape index (κ3) is 1.34. The molecule has 1 aromatic carbocycles. The maximum absolute atomic E-state index is 8.61. The highest BCUT2D eigenvalue weighted by atomic mass is 16.3. The van der Waals surface area contributed by atoms with Crippen molar-refractivity contribution in [3.8, 4) is 6.07 Å². The topological polar surface area (TPSA) is 75.8 Å². The van der Waals surface area contributed by atoms with Crippen LogP contribution in [0.15, 0.2) is 22.6 Å². The molecule has 70 valence electrons. The van der Waals surface area contributed by atoms with Gasteiger partial charge in [0.15, 0.2) is 5.58 Å². The van der Waals surface area contributed by atoms with Gasteiger partial charge in [-0.2, -0.15) is 5.26 Å². The fourth-order valence-corrected chi connectivity index (χ4v) is 1.36. The summed E-state index contributed by atoms with van der Waals surface area (Å²) >= 11 is 0. The Kier molecular flexibility index (Phi) is 2.17. The molecule has 0 saturated carbocycles. The van der Waals surface area contributed by atoms with Crippen LogP contribution in [0.2, 0.25) is 0 Å². The average molecular weight is 187 g/mol. The molecule has 0 bridgehead atoms. The van der Waals surface area contributed by atoms with Gasteiger partial charge >= 0.3 is 0 Å². The van der Waals surface area contributed by atoms with Gasteiger partial charge in [0.05, 0.1) is 19.0 Å². The lowest BCUT2D eigenvalue weighted by Gasteiger charge is -1.93. The molecule has 2 N–H and O–H groups in total. The smallest absolute Gasteiger partial charge is 0.209 e. The van der Waals surface area contributed by atoms with Crippen LogP contribution in [0.1, 0.15) is 11.5 Å². The van der Waals surface area contributed by atoms with E-state index in [0.29, 0.717) is 17.9 Å². The van der Waals surface area contributed by atoms with Gasteiger partial charge in [0.1, 0.15) is 5.52 Å². The number of rotatable bonds is 2. The molecule has 4 heteroatoms. The van der Waals surface area contributed by atoms with E-state index in [4.69, 9.17) is 15.4 Å². The van der Waals surface area contributed by atoms with Crippen LogP contribution in [0.3, 0.4) is 0 Å². The summed E-state index contributed by atoms with van der Waals surface area (Å²) in [6.07, 6.45) is 0.330. The zero-order chi connectivity index (χ0) is 9.97. The van der Waals surface area contributed by atoms with Gasteiger partial charge < -0.3 is 10.2 Å². The van der Waals surface area contributed by atoms with E-state index in [0.717, 1.165) is 11.1 Å². The molecule has 4 nitrogen and oxygen atoms in total. The predicted molar refractivity (Wildman–Crippen MR) is 51.2 cm³/mol. The van der Waals surface area contributed by atoms with Crippen molar-refractivity contribution in [1.82, 2.24) is 4.98 Å². The molecule has 2 aromatic rings. The minimum absolute atomic E-state index is 0.278. The number of hydrogen-bond donors (Lipinski definition) is 1. The lowest BCUT2D eigenvalue weighted by molar-refractivity contribution is 0.531. The second-order valence-corrected chi connectivity index (χ2v) is 2.91. The van der Waals surface area contributed by atoms with E-state index in [1.807, 2.05) is 18.2 Å². The number of benzene rings is 1. The van der Waals surface area contributed by atoms with Crippen LogP contribution in [0.4, 0.5) is 0 Å². The third-order valence-electron chi connectivity index (χ3n) is 1.98. The maximum atomic E-state index is 8.61. The van der Waals surface area contributed by atoms with Crippen molar-refractivity contribution in [2.45, 2.75) is 13.0 Å². The van der Waals surface area contributed by atoms with Crippen LogP contribution in [0.5, 0.6) is 0 Å². The van der Waals surface area contributed by atoms with Crippen LogP contribution < -0.4 is 5.73 Å². The third-order valence-corrected chi connectivity index (χ3v) is 1.98. The molecule has 0 saturated heterocycles. The van der Waals surface area contributed by atoms with E-state index >= 15 is 0 Å². The normalized spacial score (nSPS) is 10.3. The summed E-state index contributed by atoms with van der Waals surface area (Å²) in [5.74, 6) is 0.505. The molecule has 0 spiro atoms. The Bertz CT molecular complexity index is 496. The summed E-state index contributed by atoms with van der Waals surface area (Å²) in [5.41, 5.74) is 7.71. The van der Waals surface area contributed by atoms with Gasteiger partial charge in [-0.1, -0.05) is 12.1 Å². The van der Waals surface area contributed by atoms with E-state index < -0.39 is 0 Å². The van der Waals surface area contributed by atoms with Crippen molar-refractivity contribution in [2.24, 2.45) is 5.73 Å². The van der Waals surface area contributed by atoms with E-state index in [9.17, 15) is 0 Å². The number of oxazole rings is 1. The molecule has 1 heterocycles. The quantitative estimate of drug-likeness (QED) is 0.769. The van der Waals surface area contributed by atoms with Crippen LogP contribution in [0.25, 0.3) is 11.1 Å². The predicted octanol–water partition coefficient (Wildman–Crippen LogP) is 1.35. The first-order chi connectivity index (χ1) is 6.85. The molecule has 0 fully saturated rings. The molecule has 0 amide bonds. The standard InChI is InChI=1S/C10H9N3O/c11-5-4-7-2-1-3-8-10(7)14-9(6-12)13-8/h1-3H,4,6,12H2. The molecule has 0 radical (unpaired) electrons. The Morgan fingerprint density at radius 1 is 1.50 bits per heavy atom. The van der Waals surface area contributed by atoms with Gasteiger partial charge in [0, 0.05) is 5.56 Å². The molecule has 0 atom stereocenters. The monoisotopic (exact) mass is 187 g/mol. The van der Waals surface area contributed by atoms with E-state index in [2.05, 4.69) is 11.1 Å². The molecule has 1 aromatic heterocycles. The molecule has 0 aliphatic carbocycles. The molecule has 0 aliphatic heterocycles. The summed E-state index contributed by atoms with van der Waals surface area (Å²) in [7, 11) is 0. The number of aromatic nitrogens is 1. The fourth-order valence-electron chi connectivity index (χ4n) is 1.36. The zero-order valence-corrected chi connectivity index (χ0v) is 7.53. The zero-order valence-electron chi connectivity index (χ0n) is 7.53. The maximum Gasteiger partial charge on any atom is 0.209 e. The van der Waals surface area contributed by atoms with Crippen LogP contribution in [0, 0.1) is 11.3 Å². The van der Waals surface area contributed by atoms with Crippen molar-refractivity contribution in [1.29, 1.82) is 5.26 Å². The molecule has 0 unspecified atom stereocenters. The van der Waals surface area contributed by atoms with Gasteiger partial charge in [-0.25, -0.2) is 4.98 Å². The first-order valence-electron chi connectivity index (χ1n) is 4.29. The summed E-state index contributed by atoms with van der Waals surface area (Å²) in [6, 6.07) is 7.65. The highest BCUT2D eigenvalue weighted by Gasteiger charge is 2.07. The second-order valence-electron chi connectivity index (χ2n) is 2.91. The molecular weight excluding hydrogens is 178 g/mol. The number of para-hydroxylation sites is 1. The Hall–Kier alpha value is -1.86. The van der Waals surface area contributed by atoms with Gasteiger partial charge in [-0.3, -0.25) is 0 Å². The van der Waals surface area contributed by atoms with Crippen molar-refractivity contribution in [2.75, 3.05) is 0 Å². The van der Waals surface area contributed by atoms with Gasteiger partial charge in [0.2, 0.25) is 5.89 Å². The van der Waals surface area contributed by atoms with Gasteiger partial charge in [0.25, 0.3) is 0 Å². The second kappa shape index (κ2) is 3.48. The highest BCUT2D eigenvalue weighted by molar-refractivity contribution is 5.76. The Labute approximate surface area is 81.0 Å². The van der Waals surface area contributed by atoms with Crippen LogP contribution in [-0.2, 0) is 13.0 Å². The lowest BCUT2D eigenvalue weighted by Crippen LogP contribution is -1.94. The summed E-state index contributed by atoms with van der Waals surface area (Å²) < 4.78 is 5.41. The minimum atomic E-state index is 0.278. The van der Waals surface area contributed by atoms with Crippen LogP contribution >= 0.6 is 0 Å². The SMILES string of the molecule is N#CCc1cccc2nc(CN)oc12. The number of fused-ring (bicyclic) bond motifs is 1. The molecular formula is C10H9N3O. The first-order valence-corrected chi connectivity index (χ1v) is 4.29. The number of nitriles is 1. The van der Waals surface area contributed by atoms with E-state index in [1.54, 1.807) is 0 Å². The molecule has 14 heavy (non-hydrogen) atoms. The number of nitrogens with two attached hydrogens (primary N) is 1.